The van der Waals surface area contributed by atoms with Crippen LogP contribution in [0.25, 0.3) is 0 Å². The van der Waals surface area contributed by atoms with Crippen LogP contribution < -0.4 is 5.32 Å². The molecule has 2 aliphatic rings. The number of rotatable bonds is 3. The monoisotopic (exact) mass is 291 g/mol. The predicted octanol–water partition coefficient (Wildman–Crippen LogP) is -0.00360. The molecule has 0 radical (unpaired) electrons. The fourth-order valence-corrected chi connectivity index (χ4v) is 3.06. The highest BCUT2D eigenvalue weighted by atomic mass is 16.2. The molecular weight excluding hydrogens is 274 g/mol. The van der Waals surface area contributed by atoms with Crippen molar-refractivity contribution in [3.05, 3.63) is 12.2 Å². The van der Waals surface area contributed by atoms with Gasteiger partial charge in [-0.2, -0.15) is 5.10 Å². The number of hydrogen-bond acceptors (Lipinski definition) is 5. The Morgan fingerprint density at radius 2 is 2.00 bits per heavy atom. The zero-order valence-corrected chi connectivity index (χ0v) is 11.8. The van der Waals surface area contributed by atoms with Crippen LogP contribution in [0.3, 0.4) is 0 Å². The van der Waals surface area contributed by atoms with Crippen molar-refractivity contribution in [2.45, 2.75) is 32.1 Å². The number of urea groups is 1. The number of carbonyl (C=O) groups is 3. The van der Waals surface area contributed by atoms with Crippen molar-refractivity contribution in [3.8, 4) is 0 Å². The smallest absolute Gasteiger partial charge is 0.277 e. The average Bonchev–Trinajstić information content (AvgIpc) is 3.07. The Kier molecular flexibility index (Phi) is 3.23. The molecule has 1 N–H and O–H groups in total. The minimum atomic E-state index is -1.04. The van der Waals surface area contributed by atoms with Crippen molar-refractivity contribution >= 4 is 17.8 Å². The summed E-state index contributed by atoms with van der Waals surface area (Å²) in [6.45, 7) is 0.184. The first kappa shape index (κ1) is 13.7. The Labute approximate surface area is 121 Å². The summed E-state index contributed by atoms with van der Waals surface area (Å²) in [4.78, 5) is 41.8. The first-order valence-electron chi connectivity index (χ1n) is 7.05. The van der Waals surface area contributed by atoms with E-state index in [2.05, 4.69) is 15.4 Å². The van der Waals surface area contributed by atoms with Crippen LogP contribution in [0, 0.1) is 5.41 Å². The van der Waals surface area contributed by atoms with E-state index in [0.29, 0.717) is 25.1 Å². The molecule has 3 rings (SSSR count). The van der Waals surface area contributed by atoms with E-state index in [9.17, 15) is 14.4 Å². The SMILES string of the molecule is Cn1cnc(CCN2C(=O)NC(=O)C3(CCCC3)C2=O)n1. The van der Waals surface area contributed by atoms with Gasteiger partial charge in [0.05, 0.1) is 0 Å². The predicted molar refractivity (Wildman–Crippen MR) is 70.9 cm³/mol. The summed E-state index contributed by atoms with van der Waals surface area (Å²) in [5, 5.41) is 6.43. The van der Waals surface area contributed by atoms with Gasteiger partial charge < -0.3 is 0 Å². The summed E-state index contributed by atoms with van der Waals surface area (Å²) in [6.07, 6.45) is 4.65. The molecule has 1 aliphatic carbocycles. The van der Waals surface area contributed by atoms with E-state index < -0.39 is 17.4 Å². The van der Waals surface area contributed by atoms with Gasteiger partial charge >= 0.3 is 6.03 Å². The van der Waals surface area contributed by atoms with Crippen molar-refractivity contribution in [3.63, 3.8) is 0 Å². The highest BCUT2D eigenvalue weighted by Gasteiger charge is 2.54. The normalized spacial score (nSPS) is 21.2. The number of aryl methyl sites for hydroxylation is 1. The molecule has 0 aromatic carbocycles. The van der Waals surface area contributed by atoms with E-state index >= 15 is 0 Å². The van der Waals surface area contributed by atoms with Crippen LogP contribution in [0.1, 0.15) is 31.5 Å². The molecule has 1 aromatic heterocycles. The number of nitrogens with one attached hydrogen (secondary N) is 1. The van der Waals surface area contributed by atoms with Crippen LogP contribution in [-0.2, 0) is 23.1 Å². The first-order valence-corrected chi connectivity index (χ1v) is 7.05. The molecule has 1 spiro atoms. The van der Waals surface area contributed by atoms with Crippen LogP contribution >= 0.6 is 0 Å². The van der Waals surface area contributed by atoms with Crippen molar-refractivity contribution in [2.75, 3.05) is 6.54 Å². The van der Waals surface area contributed by atoms with E-state index in [1.54, 1.807) is 18.1 Å². The van der Waals surface area contributed by atoms with E-state index in [4.69, 9.17) is 0 Å². The number of carbonyl (C=O) groups excluding carboxylic acids is 3. The standard InChI is InChI=1S/C13H17N5O3/c1-17-8-14-9(16-17)4-7-18-11(20)13(5-2-3-6-13)10(19)15-12(18)21/h8H,2-7H2,1H3,(H,15,19,21). The third-order valence-corrected chi connectivity index (χ3v) is 4.22. The van der Waals surface area contributed by atoms with Crippen molar-refractivity contribution in [1.82, 2.24) is 25.0 Å². The molecule has 112 valence electrons. The fraction of sp³-hybridized carbons (Fsp3) is 0.615. The Bertz CT molecular complexity index is 603. The number of barbiturate groups is 1. The van der Waals surface area contributed by atoms with Gasteiger partial charge in [-0.15, -0.1) is 0 Å². The molecule has 8 nitrogen and oxygen atoms in total. The third kappa shape index (κ3) is 2.20. The third-order valence-electron chi connectivity index (χ3n) is 4.22. The summed E-state index contributed by atoms with van der Waals surface area (Å²) in [5.74, 6) is -0.248. The van der Waals surface area contributed by atoms with Gasteiger partial charge in [-0.3, -0.25) is 24.5 Å². The van der Waals surface area contributed by atoms with Gasteiger partial charge in [0.2, 0.25) is 11.8 Å². The molecule has 1 saturated heterocycles. The van der Waals surface area contributed by atoms with Crippen molar-refractivity contribution in [1.29, 1.82) is 0 Å². The minimum absolute atomic E-state index is 0.184. The van der Waals surface area contributed by atoms with Gasteiger partial charge in [0.15, 0.2) is 5.82 Å². The Balaban J connectivity index is 1.75. The van der Waals surface area contributed by atoms with Crippen LogP contribution in [0.4, 0.5) is 4.79 Å². The maximum atomic E-state index is 12.6. The lowest BCUT2D eigenvalue weighted by molar-refractivity contribution is -0.151. The molecule has 0 atom stereocenters. The second kappa shape index (κ2) is 4.94. The second-order valence-electron chi connectivity index (χ2n) is 5.59. The van der Waals surface area contributed by atoms with Crippen LogP contribution in [-0.4, -0.2) is 44.1 Å². The molecule has 0 unspecified atom stereocenters. The first-order chi connectivity index (χ1) is 10.0. The lowest BCUT2D eigenvalue weighted by Gasteiger charge is -2.36. The van der Waals surface area contributed by atoms with Gasteiger partial charge in [-0.05, 0) is 12.8 Å². The van der Waals surface area contributed by atoms with E-state index in [1.165, 1.54) is 0 Å². The summed E-state index contributed by atoms with van der Waals surface area (Å²) < 4.78 is 1.56. The van der Waals surface area contributed by atoms with Gasteiger partial charge in [0, 0.05) is 20.0 Å². The maximum absolute atomic E-state index is 12.6. The van der Waals surface area contributed by atoms with Crippen molar-refractivity contribution < 1.29 is 14.4 Å². The highest BCUT2D eigenvalue weighted by molar-refractivity contribution is 6.19. The van der Waals surface area contributed by atoms with Gasteiger partial charge in [-0.25, -0.2) is 9.78 Å². The number of imide groups is 2. The Morgan fingerprint density at radius 1 is 1.29 bits per heavy atom. The molecule has 21 heavy (non-hydrogen) atoms. The molecule has 2 fully saturated rings. The summed E-state index contributed by atoms with van der Waals surface area (Å²) in [5.41, 5.74) is -1.04. The Morgan fingerprint density at radius 3 is 2.62 bits per heavy atom. The number of aromatic nitrogens is 3. The highest BCUT2D eigenvalue weighted by Crippen LogP contribution is 2.41. The van der Waals surface area contributed by atoms with E-state index in [0.717, 1.165) is 17.7 Å². The lowest BCUT2D eigenvalue weighted by atomic mass is 9.82. The second-order valence-corrected chi connectivity index (χ2v) is 5.59. The molecule has 1 aromatic rings. The summed E-state index contributed by atoms with van der Waals surface area (Å²) >= 11 is 0. The molecule has 1 aliphatic heterocycles. The maximum Gasteiger partial charge on any atom is 0.330 e. The lowest BCUT2D eigenvalue weighted by Crippen LogP contribution is -2.63. The quantitative estimate of drug-likeness (QED) is 0.790. The van der Waals surface area contributed by atoms with Gasteiger partial charge in [0.1, 0.15) is 11.7 Å². The minimum Gasteiger partial charge on any atom is -0.277 e. The van der Waals surface area contributed by atoms with Gasteiger partial charge in [0.25, 0.3) is 0 Å². The summed E-state index contributed by atoms with van der Waals surface area (Å²) in [6, 6.07) is -0.640. The van der Waals surface area contributed by atoms with E-state index in [-0.39, 0.29) is 12.5 Å². The van der Waals surface area contributed by atoms with E-state index in [1.807, 2.05) is 0 Å². The topological polar surface area (TPSA) is 97.2 Å². The molecule has 2 heterocycles. The Hall–Kier alpha value is -2.25. The van der Waals surface area contributed by atoms with Crippen molar-refractivity contribution in [2.24, 2.45) is 12.5 Å². The van der Waals surface area contributed by atoms with Gasteiger partial charge in [-0.1, -0.05) is 12.8 Å². The molecule has 0 bridgehead atoms. The average molecular weight is 291 g/mol. The fourth-order valence-electron chi connectivity index (χ4n) is 3.06. The molecule has 1 saturated carbocycles. The molecule has 4 amide bonds. The zero-order valence-electron chi connectivity index (χ0n) is 11.8. The molecule has 8 heteroatoms. The number of nitrogens with zero attached hydrogens (tertiary/aromatic N) is 4. The zero-order chi connectivity index (χ0) is 15.0. The summed E-state index contributed by atoms with van der Waals surface area (Å²) in [7, 11) is 1.75. The number of hydrogen-bond donors (Lipinski definition) is 1. The van der Waals surface area contributed by atoms with Crippen LogP contribution in [0.15, 0.2) is 6.33 Å². The molecular formula is C13H17N5O3. The van der Waals surface area contributed by atoms with Crippen LogP contribution in [0.2, 0.25) is 0 Å². The number of amides is 4. The van der Waals surface area contributed by atoms with Crippen LogP contribution in [0.5, 0.6) is 0 Å². The largest absolute Gasteiger partial charge is 0.330 e.